The Balaban J connectivity index is 2.07. The van der Waals surface area contributed by atoms with E-state index in [9.17, 15) is 4.79 Å². The number of carbonyl (C=O) groups excluding carboxylic acids is 1. The average molecular weight is 315 g/mol. The molecule has 0 aliphatic heterocycles. The summed E-state index contributed by atoms with van der Waals surface area (Å²) in [4.78, 5) is 18.9. The fourth-order valence-electron chi connectivity index (χ4n) is 2.63. The topological polar surface area (TPSA) is 58.4 Å². The van der Waals surface area contributed by atoms with Crippen molar-refractivity contribution in [1.29, 1.82) is 0 Å². The van der Waals surface area contributed by atoms with E-state index in [1.54, 1.807) is 6.92 Å². The first-order chi connectivity index (χ1) is 10.8. The maximum Gasteiger partial charge on any atom is 0.273 e. The van der Waals surface area contributed by atoms with E-state index in [4.69, 9.17) is 4.42 Å². The first-order valence-corrected chi connectivity index (χ1v) is 7.74. The Bertz CT molecular complexity index is 660. The number of rotatable bonds is 6. The normalized spacial score (nSPS) is 11.7. The molecule has 0 fully saturated rings. The van der Waals surface area contributed by atoms with E-state index in [0.717, 1.165) is 12.1 Å². The lowest BCUT2D eigenvalue weighted by atomic mass is 9.93. The van der Waals surface area contributed by atoms with E-state index in [2.05, 4.69) is 29.0 Å². The Morgan fingerprint density at radius 3 is 2.52 bits per heavy atom. The van der Waals surface area contributed by atoms with Gasteiger partial charge in [-0.25, -0.2) is 4.98 Å². The SMILES string of the molecule is Cc1oc(-c2ccccc2)nc1C(=O)NCC(C)(C)CN(C)C. The standard InChI is InChI=1S/C18H25N3O2/c1-13-15(16(22)19-11-18(2,3)12-21(4)5)20-17(23-13)14-9-7-6-8-10-14/h6-10H,11-12H2,1-5H3,(H,19,22). The summed E-state index contributed by atoms with van der Waals surface area (Å²) in [5.41, 5.74) is 1.20. The number of aromatic nitrogens is 1. The van der Waals surface area contributed by atoms with Crippen LogP contribution in [-0.2, 0) is 0 Å². The number of carbonyl (C=O) groups is 1. The molecule has 0 saturated carbocycles. The Hall–Kier alpha value is -2.14. The number of hydrogen-bond acceptors (Lipinski definition) is 4. The fraction of sp³-hybridized carbons (Fsp3) is 0.444. The number of nitrogens with zero attached hydrogens (tertiary/aromatic N) is 2. The Labute approximate surface area is 137 Å². The third kappa shape index (κ3) is 4.66. The Kier molecular flexibility index (Phi) is 5.21. The van der Waals surface area contributed by atoms with Gasteiger partial charge in [0.05, 0.1) is 0 Å². The molecule has 5 heteroatoms. The summed E-state index contributed by atoms with van der Waals surface area (Å²) in [7, 11) is 4.05. The molecule has 5 nitrogen and oxygen atoms in total. The van der Waals surface area contributed by atoms with Crippen LogP contribution in [0, 0.1) is 12.3 Å². The molecule has 1 heterocycles. The van der Waals surface area contributed by atoms with Gasteiger partial charge in [-0.3, -0.25) is 4.79 Å². The molecule has 23 heavy (non-hydrogen) atoms. The van der Waals surface area contributed by atoms with Crippen LogP contribution in [0.2, 0.25) is 0 Å². The van der Waals surface area contributed by atoms with E-state index in [1.807, 2.05) is 44.4 Å². The predicted molar refractivity (Wildman–Crippen MR) is 91.3 cm³/mol. The molecule has 2 rings (SSSR count). The summed E-state index contributed by atoms with van der Waals surface area (Å²) in [6.45, 7) is 7.48. The third-order valence-corrected chi connectivity index (χ3v) is 3.50. The number of aryl methyl sites for hydroxylation is 1. The van der Waals surface area contributed by atoms with Gasteiger partial charge in [0.25, 0.3) is 5.91 Å². The van der Waals surface area contributed by atoms with E-state index in [0.29, 0.717) is 23.9 Å². The van der Waals surface area contributed by atoms with Crippen molar-refractivity contribution < 1.29 is 9.21 Å². The summed E-state index contributed by atoms with van der Waals surface area (Å²) in [5, 5.41) is 2.96. The average Bonchev–Trinajstić information content (AvgIpc) is 2.87. The highest BCUT2D eigenvalue weighted by Crippen LogP contribution is 2.21. The van der Waals surface area contributed by atoms with Crippen molar-refractivity contribution in [2.24, 2.45) is 5.41 Å². The van der Waals surface area contributed by atoms with Crippen LogP contribution in [0.5, 0.6) is 0 Å². The molecule has 1 aromatic carbocycles. The molecular weight excluding hydrogens is 290 g/mol. The predicted octanol–water partition coefficient (Wildman–Crippen LogP) is 2.97. The zero-order valence-electron chi connectivity index (χ0n) is 14.5. The van der Waals surface area contributed by atoms with E-state index in [-0.39, 0.29) is 11.3 Å². The molecule has 0 unspecified atom stereocenters. The van der Waals surface area contributed by atoms with Gasteiger partial charge in [-0.1, -0.05) is 32.0 Å². The number of nitrogens with one attached hydrogen (secondary N) is 1. The van der Waals surface area contributed by atoms with Crippen LogP contribution in [0.1, 0.15) is 30.1 Å². The molecule has 0 atom stereocenters. The highest BCUT2D eigenvalue weighted by molar-refractivity contribution is 5.93. The second kappa shape index (κ2) is 6.96. The highest BCUT2D eigenvalue weighted by atomic mass is 16.4. The smallest absolute Gasteiger partial charge is 0.273 e. The number of hydrogen-bond donors (Lipinski definition) is 1. The lowest BCUT2D eigenvalue weighted by Crippen LogP contribution is -2.40. The largest absolute Gasteiger partial charge is 0.441 e. The third-order valence-electron chi connectivity index (χ3n) is 3.50. The fourth-order valence-corrected chi connectivity index (χ4v) is 2.63. The molecule has 0 aliphatic rings. The Morgan fingerprint density at radius 1 is 1.26 bits per heavy atom. The van der Waals surface area contributed by atoms with Gasteiger partial charge in [-0.2, -0.15) is 0 Å². The molecule has 1 N–H and O–H groups in total. The van der Waals surface area contributed by atoms with Gasteiger partial charge < -0.3 is 14.6 Å². The van der Waals surface area contributed by atoms with E-state index >= 15 is 0 Å². The van der Waals surface area contributed by atoms with Crippen molar-refractivity contribution in [2.45, 2.75) is 20.8 Å². The van der Waals surface area contributed by atoms with Crippen LogP contribution in [-0.4, -0.2) is 43.0 Å². The quantitative estimate of drug-likeness (QED) is 0.890. The number of amides is 1. The van der Waals surface area contributed by atoms with E-state index in [1.165, 1.54) is 0 Å². The van der Waals surface area contributed by atoms with E-state index < -0.39 is 0 Å². The second-order valence-electron chi connectivity index (χ2n) is 6.87. The molecule has 2 aromatic rings. The zero-order chi connectivity index (χ0) is 17.0. The van der Waals surface area contributed by atoms with Crippen molar-refractivity contribution in [1.82, 2.24) is 15.2 Å². The van der Waals surface area contributed by atoms with Crippen molar-refractivity contribution >= 4 is 5.91 Å². The summed E-state index contributed by atoms with van der Waals surface area (Å²) in [6.07, 6.45) is 0. The first kappa shape index (κ1) is 17.2. The molecule has 0 bridgehead atoms. The maximum atomic E-state index is 12.4. The summed E-state index contributed by atoms with van der Waals surface area (Å²) < 4.78 is 5.64. The van der Waals surface area contributed by atoms with Crippen molar-refractivity contribution in [2.75, 3.05) is 27.2 Å². The Morgan fingerprint density at radius 2 is 1.91 bits per heavy atom. The van der Waals surface area contributed by atoms with Crippen molar-refractivity contribution in [3.63, 3.8) is 0 Å². The van der Waals surface area contributed by atoms with Gasteiger partial charge in [0, 0.05) is 18.7 Å². The van der Waals surface area contributed by atoms with Gasteiger partial charge in [0.1, 0.15) is 5.76 Å². The minimum absolute atomic E-state index is 0.0148. The zero-order valence-corrected chi connectivity index (χ0v) is 14.5. The maximum absolute atomic E-state index is 12.4. The molecule has 0 spiro atoms. The molecule has 124 valence electrons. The monoisotopic (exact) mass is 315 g/mol. The first-order valence-electron chi connectivity index (χ1n) is 7.74. The number of benzene rings is 1. The van der Waals surface area contributed by atoms with Crippen LogP contribution in [0.3, 0.4) is 0 Å². The summed E-state index contributed by atoms with van der Waals surface area (Å²) in [6, 6.07) is 9.58. The summed E-state index contributed by atoms with van der Waals surface area (Å²) >= 11 is 0. The van der Waals surface area contributed by atoms with Crippen molar-refractivity contribution in [3.8, 4) is 11.5 Å². The van der Waals surface area contributed by atoms with Crippen molar-refractivity contribution in [3.05, 3.63) is 41.8 Å². The molecular formula is C18H25N3O2. The van der Waals surface area contributed by atoms with Gasteiger partial charge >= 0.3 is 0 Å². The molecule has 0 aliphatic carbocycles. The summed E-state index contributed by atoms with van der Waals surface area (Å²) in [5.74, 6) is 0.813. The molecule has 0 saturated heterocycles. The van der Waals surface area contributed by atoms with Gasteiger partial charge in [-0.05, 0) is 38.6 Å². The minimum Gasteiger partial charge on any atom is -0.441 e. The van der Waals surface area contributed by atoms with Crippen LogP contribution in [0.25, 0.3) is 11.5 Å². The number of oxazole rings is 1. The molecule has 0 radical (unpaired) electrons. The van der Waals surface area contributed by atoms with Crippen LogP contribution in [0.15, 0.2) is 34.7 Å². The van der Waals surface area contributed by atoms with Crippen LogP contribution >= 0.6 is 0 Å². The molecule has 1 amide bonds. The van der Waals surface area contributed by atoms with Gasteiger partial charge in [-0.15, -0.1) is 0 Å². The molecule has 1 aromatic heterocycles. The van der Waals surface area contributed by atoms with Gasteiger partial charge in [0.15, 0.2) is 5.69 Å². The highest BCUT2D eigenvalue weighted by Gasteiger charge is 2.23. The lowest BCUT2D eigenvalue weighted by Gasteiger charge is -2.28. The van der Waals surface area contributed by atoms with Crippen LogP contribution in [0.4, 0.5) is 0 Å². The minimum atomic E-state index is -0.194. The lowest BCUT2D eigenvalue weighted by molar-refractivity contribution is 0.0923. The van der Waals surface area contributed by atoms with Crippen LogP contribution < -0.4 is 5.32 Å². The second-order valence-corrected chi connectivity index (χ2v) is 6.87. The van der Waals surface area contributed by atoms with Gasteiger partial charge in [0.2, 0.25) is 5.89 Å².